The van der Waals surface area contributed by atoms with Crippen molar-refractivity contribution in [1.82, 2.24) is 19.3 Å². The van der Waals surface area contributed by atoms with Gasteiger partial charge >= 0.3 is 0 Å². The van der Waals surface area contributed by atoms with Crippen LogP contribution >= 0.6 is 11.6 Å². The molecule has 0 saturated heterocycles. The van der Waals surface area contributed by atoms with E-state index in [2.05, 4.69) is 10.1 Å². The van der Waals surface area contributed by atoms with Gasteiger partial charge in [0.05, 0.1) is 34.6 Å². The Morgan fingerprint density at radius 1 is 1.50 bits per heavy atom. The molecule has 0 fully saturated rings. The normalized spacial score (nSPS) is 12.9. The van der Waals surface area contributed by atoms with Crippen LogP contribution in [0.1, 0.15) is 30.1 Å². The lowest BCUT2D eigenvalue weighted by molar-refractivity contribution is 0.167. The molecule has 0 saturated carbocycles. The first kappa shape index (κ1) is 13.1. The Bertz CT molecular complexity index is 546. The summed E-state index contributed by atoms with van der Waals surface area (Å²) in [7, 11) is 1.86. The first-order valence-corrected chi connectivity index (χ1v) is 6.28. The van der Waals surface area contributed by atoms with Gasteiger partial charge in [-0.05, 0) is 13.8 Å². The highest BCUT2D eigenvalue weighted by Crippen LogP contribution is 2.25. The van der Waals surface area contributed by atoms with Crippen LogP contribution in [0.25, 0.3) is 0 Å². The molecule has 1 N–H and O–H groups in total. The number of aliphatic hydroxyl groups is 1. The van der Waals surface area contributed by atoms with Gasteiger partial charge in [0.15, 0.2) is 0 Å². The third kappa shape index (κ3) is 2.28. The standard InChI is InChI=1S/C12H17ClN4O/c1-4-17-9(12(13)8(2)15-17)5-11(18)10-6-14-7-16(10)3/h6-7,11,18H,4-5H2,1-3H3. The molecule has 0 aliphatic carbocycles. The Morgan fingerprint density at radius 2 is 2.22 bits per heavy atom. The molecule has 98 valence electrons. The van der Waals surface area contributed by atoms with E-state index in [4.69, 9.17) is 11.6 Å². The van der Waals surface area contributed by atoms with Gasteiger partial charge < -0.3 is 9.67 Å². The fraction of sp³-hybridized carbons (Fsp3) is 0.500. The van der Waals surface area contributed by atoms with Gasteiger partial charge in [-0.15, -0.1) is 0 Å². The highest BCUT2D eigenvalue weighted by molar-refractivity contribution is 6.31. The lowest BCUT2D eigenvalue weighted by Crippen LogP contribution is -2.11. The zero-order valence-electron chi connectivity index (χ0n) is 10.8. The summed E-state index contributed by atoms with van der Waals surface area (Å²) >= 11 is 6.22. The lowest BCUT2D eigenvalue weighted by atomic mass is 10.1. The summed E-state index contributed by atoms with van der Waals surface area (Å²) in [5, 5.41) is 15.2. The van der Waals surface area contributed by atoms with Gasteiger partial charge in [0.2, 0.25) is 0 Å². The molecule has 0 radical (unpaired) electrons. The van der Waals surface area contributed by atoms with E-state index >= 15 is 0 Å². The van der Waals surface area contributed by atoms with Crippen molar-refractivity contribution in [2.75, 3.05) is 0 Å². The predicted molar refractivity (Wildman–Crippen MR) is 69.5 cm³/mol. The number of rotatable bonds is 4. The highest BCUT2D eigenvalue weighted by atomic mass is 35.5. The minimum Gasteiger partial charge on any atom is -0.386 e. The van der Waals surface area contributed by atoms with Crippen LogP contribution in [0.15, 0.2) is 12.5 Å². The van der Waals surface area contributed by atoms with Crippen LogP contribution < -0.4 is 0 Å². The fourth-order valence-corrected chi connectivity index (χ4v) is 2.25. The SMILES string of the molecule is CCn1nc(C)c(Cl)c1CC(O)c1cncn1C. The average molecular weight is 269 g/mol. The maximum Gasteiger partial charge on any atom is 0.101 e. The van der Waals surface area contributed by atoms with Crippen molar-refractivity contribution < 1.29 is 5.11 Å². The molecule has 2 aromatic heterocycles. The molecule has 2 aromatic rings. The van der Waals surface area contributed by atoms with E-state index in [1.165, 1.54) is 0 Å². The molecule has 5 nitrogen and oxygen atoms in total. The maximum absolute atomic E-state index is 10.2. The Kier molecular flexibility index (Phi) is 3.73. The van der Waals surface area contributed by atoms with Crippen molar-refractivity contribution in [3.8, 4) is 0 Å². The van der Waals surface area contributed by atoms with Gasteiger partial charge in [0.25, 0.3) is 0 Å². The lowest BCUT2D eigenvalue weighted by Gasteiger charge is -2.12. The largest absolute Gasteiger partial charge is 0.386 e. The van der Waals surface area contributed by atoms with E-state index in [1.807, 2.05) is 25.6 Å². The highest BCUT2D eigenvalue weighted by Gasteiger charge is 2.19. The third-order valence-corrected chi connectivity index (χ3v) is 3.53. The molecule has 2 heterocycles. The molecule has 1 unspecified atom stereocenters. The molecule has 0 amide bonds. The molecule has 0 bridgehead atoms. The number of nitrogens with zero attached hydrogens (tertiary/aromatic N) is 4. The predicted octanol–water partition coefficient (Wildman–Crippen LogP) is 1.87. The fourth-order valence-electron chi connectivity index (χ4n) is 2.04. The second-order valence-corrected chi connectivity index (χ2v) is 4.69. The van der Waals surface area contributed by atoms with Crippen LogP contribution in [0.5, 0.6) is 0 Å². The number of aromatic nitrogens is 4. The number of hydrogen-bond acceptors (Lipinski definition) is 3. The van der Waals surface area contributed by atoms with Gasteiger partial charge in [-0.2, -0.15) is 5.10 Å². The van der Waals surface area contributed by atoms with E-state index < -0.39 is 6.10 Å². The van der Waals surface area contributed by atoms with Crippen LogP contribution in [-0.2, 0) is 20.0 Å². The van der Waals surface area contributed by atoms with E-state index in [9.17, 15) is 5.11 Å². The zero-order chi connectivity index (χ0) is 13.3. The number of halogens is 1. The van der Waals surface area contributed by atoms with E-state index in [1.54, 1.807) is 17.1 Å². The zero-order valence-corrected chi connectivity index (χ0v) is 11.5. The minimum absolute atomic E-state index is 0.438. The number of aliphatic hydroxyl groups excluding tert-OH is 1. The van der Waals surface area contributed by atoms with Crippen LogP contribution in [-0.4, -0.2) is 24.4 Å². The summed E-state index contributed by atoms with van der Waals surface area (Å²) < 4.78 is 3.63. The van der Waals surface area contributed by atoms with E-state index in [0.29, 0.717) is 11.4 Å². The van der Waals surface area contributed by atoms with Crippen LogP contribution in [0.2, 0.25) is 5.02 Å². The number of hydrogen-bond donors (Lipinski definition) is 1. The Balaban J connectivity index is 2.27. The minimum atomic E-state index is -0.628. The molecule has 0 spiro atoms. The number of imidazole rings is 1. The van der Waals surface area contributed by atoms with Crippen LogP contribution in [0.4, 0.5) is 0 Å². The van der Waals surface area contributed by atoms with Crippen molar-refractivity contribution in [3.05, 3.63) is 34.6 Å². The van der Waals surface area contributed by atoms with Crippen LogP contribution in [0.3, 0.4) is 0 Å². The second-order valence-electron chi connectivity index (χ2n) is 4.31. The van der Waals surface area contributed by atoms with Crippen molar-refractivity contribution >= 4 is 11.6 Å². The summed E-state index contributed by atoms with van der Waals surface area (Å²) in [6.07, 6.45) is 3.14. The van der Waals surface area contributed by atoms with Gasteiger partial charge in [-0.3, -0.25) is 4.68 Å². The maximum atomic E-state index is 10.2. The topological polar surface area (TPSA) is 55.9 Å². The molecule has 6 heteroatoms. The number of aryl methyl sites for hydroxylation is 3. The van der Waals surface area contributed by atoms with Crippen molar-refractivity contribution in [3.63, 3.8) is 0 Å². The molecule has 2 rings (SSSR count). The smallest absolute Gasteiger partial charge is 0.101 e. The Hall–Kier alpha value is -1.33. The first-order valence-electron chi connectivity index (χ1n) is 5.90. The van der Waals surface area contributed by atoms with E-state index in [-0.39, 0.29) is 0 Å². The summed E-state index contributed by atoms with van der Waals surface area (Å²) in [6.45, 7) is 4.61. The third-order valence-electron chi connectivity index (χ3n) is 3.03. The van der Waals surface area contributed by atoms with E-state index in [0.717, 1.165) is 23.6 Å². The van der Waals surface area contributed by atoms with Crippen LogP contribution in [0, 0.1) is 6.92 Å². The molecular formula is C12H17ClN4O. The molecule has 0 aliphatic rings. The van der Waals surface area contributed by atoms with Gasteiger partial charge in [0, 0.05) is 20.0 Å². The van der Waals surface area contributed by atoms with Gasteiger partial charge in [-0.1, -0.05) is 11.6 Å². The quantitative estimate of drug-likeness (QED) is 0.921. The van der Waals surface area contributed by atoms with Gasteiger partial charge in [-0.25, -0.2) is 4.98 Å². The molecule has 1 atom stereocenters. The Labute approximate surface area is 111 Å². The molecule has 18 heavy (non-hydrogen) atoms. The van der Waals surface area contributed by atoms with Gasteiger partial charge in [0.1, 0.15) is 6.10 Å². The average Bonchev–Trinajstić information content (AvgIpc) is 2.87. The van der Waals surface area contributed by atoms with Crippen molar-refractivity contribution in [2.45, 2.75) is 32.9 Å². The molecular weight excluding hydrogens is 252 g/mol. The molecule has 0 aromatic carbocycles. The Morgan fingerprint density at radius 3 is 2.78 bits per heavy atom. The monoisotopic (exact) mass is 268 g/mol. The first-order chi connectivity index (χ1) is 8.54. The van der Waals surface area contributed by atoms with Crippen molar-refractivity contribution in [1.29, 1.82) is 0 Å². The summed E-state index contributed by atoms with van der Waals surface area (Å²) in [6, 6.07) is 0. The summed E-state index contributed by atoms with van der Waals surface area (Å²) in [5.74, 6) is 0. The summed E-state index contributed by atoms with van der Waals surface area (Å²) in [5.41, 5.74) is 2.43. The molecule has 0 aliphatic heterocycles. The van der Waals surface area contributed by atoms with Crippen molar-refractivity contribution in [2.24, 2.45) is 7.05 Å². The summed E-state index contributed by atoms with van der Waals surface area (Å²) in [4.78, 5) is 4.00. The second kappa shape index (κ2) is 5.12.